The van der Waals surface area contributed by atoms with Crippen LogP contribution in [-0.4, -0.2) is 34.1 Å². The number of carbonyl (C=O) groups is 1. The number of hydrogen-bond acceptors (Lipinski definition) is 2. The van der Waals surface area contributed by atoms with E-state index in [1.807, 2.05) is 63.2 Å². The third-order valence-corrected chi connectivity index (χ3v) is 7.82. The maximum Gasteiger partial charge on any atom is 0.430 e. The Morgan fingerprint density at radius 1 is 0.829 bits per heavy atom. The van der Waals surface area contributed by atoms with Crippen LogP contribution in [0.3, 0.4) is 0 Å². The number of rotatable bonds is 9. The number of halogens is 6. The zero-order valence-electron chi connectivity index (χ0n) is 23.1. The van der Waals surface area contributed by atoms with E-state index in [2.05, 4.69) is 0 Å². The minimum absolute atomic E-state index is 0.0717. The molecule has 2 N–H and O–H groups in total. The number of benzene rings is 3. The highest BCUT2D eigenvalue weighted by atomic mass is 19.4. The molecule has 3 aromatic carbocycles. The van der Waals surface area contributed by atoms with Crippen LogP contribution in [0.5, 0.6) is 0 Å². The topological polar surface area (TPSA) is 57.5 Å². The fourth-order valence-electron chi connectivity index (χ4n) is 5.35. The third kappa shape index (κ3) is 6.20. The van der Waals surface area contributed by atoms with Crippen molar-refractivity contribution in [3.05, 3.63) is 100 Å². The Balaban J connectivity index is 2.14. The highest BCUT2D eigenvalue weighted by Crippen LogP contribution is 2.45. The van der Waals surface area contributed by atoms with Gasteiger partial charge in [-0.3, -0.25) is 4.79 Å². The SMILES string of the molecule is CCC(CC)(c1ccc(/C=C/C(O)(C(F)(F)F)C(F)(F)F)c(C)c1)c1ccc(-c2ccccc2C)cc1CC(=O)O. The van der Waals surface area contributed by atoms with Gasteiger partial charge in [0.15, 0.2) is 0 Å². The molecule has 0 unspecified atom stereocenters. The van der Waals surface area contributed by atoms with E-state index in [1.54, 1.807) is 19.1 Å². The first-order valence-electron chi connectivity index (χ1n) is 13.1. The molecular formula is C32H32F6O3. The average Bonchev–Trinajstić information content (AvgIpc) is 2.88. The molecule has 220 valence electrons. The van der Waals surface area contributed by atoms with Gasteiger partial charge in [-0.2, -0.15) is 26.3 Å². The van der Waals surface area contributed by atoms with Gasteiger partial charge in [-0.05, 0) is 77.3 Å². The number of alkyl halides is 6. The second kappa shape index (κ2) is 11.7. The van der Waals surface area contributed by atoms with Gasteiger partial charge >= 0.3 is 18.3 Å². The smallest absolute Gasteiger partial charge is 0.430 e. The summed E-state index contributed by atoms with van der Waals surface area (Å²) in [5.74, 6) is -1.01. The van der Waals surface area contributed by atoms with Crippen molar-refractivity contribution in [2.24, 2.45) is 0 Å². The van der Waals surface area contributed by atoms with E-state index in [1.165, 1.54) is 6.07 Å². The standard InChI is InChI=1S/C32H32F6O3/c1-5-29(6-2,27-14-12-23(18-24(27)19-28(39)40)26-10-8-7-9-20(26)3)25-13-11-22(21(4)17-25)15-16-30(41,31(33,34)35)32(36,37)38/h7-18,41H,5-6,19H2,1-4H3,(H,39,40)/b16-15+. The van der Waals surface area contributed by atoms with Crippen molar-refractivity contribution in [2.45, 2.75) is 70.3 Å². The lowest BCUT2D eigenvalue weighted by Crippen LogP contribution is -2.55. The van der Waals surface area contributed by atoms with Crippen LogP contribution in [0.25, 0.3) is 17.2 Å². The minimum Gasteiger partial charge on any atom is -0.481 e. The zero-order chi connectivity index (χ0) is 30.8. The summed E-state index contributed by atoms with van der Waals surface area (Å²) in [6.07, 6.45) is -10.7. The molecule has 0 spiro atoms. The number of aryl methyl sites for hydroxylation is 2. The van der Waals surface area contributed by atoms with Gasteiger partial charge in [-0.25, -0.2) is 0 Å². The molecule has 0 bridgehead atoms. The Hall–Kier alpha value is -3.59. The fraction of sp³-hybridized carbons (Fsp3) is 0.344. The summed E-state index contributed by atoms with van der Waals surface area (Å²) in [4.78, 5) is 11.9. The van der Waals surface area contributed by atoms with E-state index >= 15 is 0 Å². The van der Waals surface area contributed by atoms with Gasteiger partial charge < -0.3 is 10.2 Å². The monoisotopic (exact) mass is 578 g/mol. The van der Waals surface area contributed by atoms with Crippen molar-refractivity contribution in [1.29, 1.82) is 0 Å². The zero-order valence-corrected chi connectivity index (χ0v) is 23.1. The van der Waals surface area contributed by atoms with E-state index in [0.29, 0.717) is 30.0 Å². The largest absolute Gasteiger partial charge is 0.481 e. The Kier molecular flexibility index (Phi) is 9.13. The Morgan fingerprint density at radius 2 is 1.44 bits per heavy atom. The Labute approximate surface area is 235 Å². The van der Waals surface area contributed by atoms with Crippen LogP contribution in [0.15, 0.2) is 66.7 Å². The molecule has 3 aromatic rings. The highest BCUT2D eigenvalue weighted by Gasteiger charge is 2.68. The van der Waals surface area contributed by atoms with E-state index in [9.17, 15) is 41.4 Å². The molecule has 0 amide bonds. The van der Waals surface area contributed by atoms with E-state index in [4.69, 9.17) is 0 Å². The number of carboxylic acid groups (broad SMARTS) is 1. The van der Waals surface area contributed by atoms with Gasteiger partial charge in [0, 0.05) is 5.41 Å². The molecule has 0 heterocycles. The van der Waals surface area contributed by atoms with E-state index in [0.717, 1.165) is 27.8 Å². The molecule has 0 aliphatic carbocycles. The second-order valence-electron chi connectivity index (χ2n) is 10.2. The molecule has 41 heavy (non-hydrogen) atoms. The van der Waals surface area contributed by atoms with Gasteiger partial charge in [-0.1, -0.05) is 80.6 Å². The molecule has 9 heteroatoms. The van der Waals surface area contributed by atoms with Crippen molar-refractivity contribution in [3.8, 4) is 11.1 Å². The summed E-state index contributed by atoms with van der Waals surface area (Å²) in [7, 11) is 0. The minimum atomic E-state index is -5.96. The first-order valence-corrected chi connectivity index (χ1v) is 13.1. The lowest BCUT2D eigenvalue weighted by molar-refractivity contribution is -0.347. The molecule has 0 radical (unpaired) electrons. The summed E-state index contributed by atoms with van der Waals surface area (Å²) in [6, 6.07) is 18.2. The van der Waals surface area contributed by atoms with Gasteiger partial charge in [0.1, 0.15) is 0 Å². The molecule has 0 atom stereocenters. The van der Waals surface area contributed by atoms with Crippen molar-refractivity contribution in [1.82, 2.24) is 0 Å². The van der Waals surface area contributed by atoms with Gasteiger partial charge in [0.25, 0.3) is 5.60 Å². The second-order valence-corrected chi connectivity index (χ2v) is 10.2. The fourth-order valence-corrected chi connectivity index (χ4v) is 5.35. The number of carboxylic acids is 1. The van der Waals surface area contributed by atoms with Crippen LogP contribution in [0.4, 0.5) is 26.3 Å². The van der Waals surface area contributed by atoms with E-state index in [-0.39, 0.29) is 18.1 Å². The molecular weight excluding hydrogens is 546 g/mol. The summed E-state index contributed by atoms with van der Waals surface area (Å²) >= 11 is 0. The maximum atomic E-state index is 13.1. The lowest BCUT2D eigenvalue weighted by atomic mass is 9.68. The van der Waals surface area contributed by atoms with Crippen molar-refractivity contribution < 1.29 is 41.4 Å². The molecule has 3 nitrogen and oxygen atoms in total. The average molecular weight is 579 g/mol. The van der Waals surface area contributed by atoms with E-state index < -0.39 is 29.3 Å². The predicted molar refractivity (Wildman–Crippen MR) is 147 cm³/mol. The van der Waals surface area contributed by atoms with Gasteiger partial charge in [-0.15, -0.1) is 0 Å². The van der Waals surface area contributed by atoms with Crippen molar-refractivity contribution in [3.63, 3.8) is 0 Å². The van der Waals surface area contributed by atoms with Crippen LogP contribution >= 0.6 is 0 Å². The normalized spacial score (nSPS) is 13.1. The molecule has 0 saturated carbocycles. The summed E-state index contributed by atoms with van der Waals surface area (Å²) in [5, 5.41) is 19.2. The summed E-state index contributed by atoms with van der Waals surface area (Å²) in [6.45, 7) is 7.41. The highest BCUT2D eigenvalue weighted by molar-refractivity contribution is 5.75. The van der Waals surface area contributed by atoms with Gasteiger partial charge in [0.2, 0.25) is 0 Å². The Morgan fingerprint density at radius 3 is 1.95 bits per heavy atom. The molecule has 3 rings (SSSR count). The lowest BCUT2D eigenvalue weighted by Gasteiger charge is -2.36. The van der Waals surface area contributed by atoms with Crippen LogP contribution in [0.1, 0.15) is 60.1 Å². The number of aliphatic hydroxyl groups is 1. The number of aliphatic carboxylic acids is 1. The first-order chi connectivity index (χ1) is 19.0. The summed E-state index contributed by atoms with van der Waals surface area (Å²) in [5.41, 5.74) is -0.201. The molecule has 0 aliphatic heterocycles. The predicted octanol–water partition coefficient (Wildman–Crippen LogP) is 8.57. The molecule has 0 saturated heterocycles. The molecule has 0 aliphatic rings. The van der Waals surface area contributed by atoms with Crippen LogP contribution < -0.4 is 0 Å². The first kappa shape index (κ1) is 31.9. The third-order valence-electron chi connectivity index (χ3n) is 7.82. The Bertz CT molecular complexity index is 1420. The van der Waals surface area contributed by atoms with Crippen molar-refractivity contribution in [2.75, 3.05) is 0 Å². The molecule has 0 fully saturated rings. The number of hydrogen-bond donors (Lipinski definition) is 2. The molecule has 0 aromatic heterocycles. The van der Waals surface area contributed by atoms with Crippen LogP contribution in [0.2, 0.25) is 0 Å². The van der Waals surface area contributed by atoms with Gasteiger partial charge in [0.05, 0.1) is 6.42 Å². The van der Waals surface area contributed by atoms with Crippen molar-refractivity contribution >= 4 is 12.0 Å². The van der Waals surface area contributed by atoms with Crippen LogP contribution in [-0.2, 0) is 16.6 Å². The van der Waals surface area contributed by atoms with Crippen LogP contribution in [0, 0.1) is 13.8 Å². The maximum absolute atomic E-state index is 13.1. The quantitative estimate of drug-likeness (QED) is 0.250. The summed E-state index contributed by atoms with van der Waals surface area (Å²) < 4.78 is 78.8.